The number of hydrogen-bond donors (Lipinski definition) is 0. The van der Waals surface area contributed by atoms with E-state index in [-0.39, 0.29) is 0 Å². The summed E-state index contributed by atoms with van der Waals surface area (Å²) in [6, 6.07) is 6.02. The third-order valence-corrected chi connectivity index (χ3v) is 5.24. The minimum absolute atomic E-state index is 0.314. The molecule has 1 aliphatic heterocycles. The summed E-state index contributed by atoms with van der Waals surface area (Å²) in [5.74, 6) is 1.07. The highest BCUT2D eigenvalue weighted by Crippen LogP contribution is 2.35. The van der Waals surface area contributed by atoms with Crippen LogP contribution in [-0.2, 0) is 12.6 Å². The van der Waals surface area contributed by atoms with E-state index in [1.54, 1.807) is 12.3 Å². The number of imidazole rings is 1. The molecule has 142 valence electrons. The van der Waals surface area contributed by atoms with Gasteiger partial charge in [-0.2, -0.15) is 13.2 Å². The molecule has 1 aromatic carbocycles. The smallest absolute Gasteiger partial charge is 0.369 e. The van der Waals surface area contributed by atoms with Gasteiger partial charge in [-0.25, -0.2) is 4.98 Å². The van der Waals surface area contributed by atoms with Gasteiger partial charge in [-0.3, -0.25) is 4.98 Å². The van der Waals surface area contributed by atoms with Crippen molar-refractivity contribution >= 4 is 16.6 Å². The molecule has 1 saturated heterocycles. The molecule has 7 heteroatoms. The van der Waals surface area contributed by atoms with Gasteiger partial charge in [-0.15, -0.1) is 0 Å². The van der Waals surface area contributed by atoms with E-state index < -0.39 is 11.7 Å². The van der Waals surface area contributed by atoms with Crippen LogP contribution in [0.3, 0.4) is 0 Å². The molecular weight excluding hydrogens is 353 g/mol. The number of anilines is 1. The van der Waals surface area contributed by atoms with Crippen LogP contribution in [-0.4, -0.2) is 27.6 Å². The fourth-order valence-corrected chi connectivity index (χ4v) is 3.94. The van der Waals surface area contributed by atoms with Crippen molar-refractivity contribution in [2.45, 2.75) is 38.4 Å². The third-order valence-electron chi connectivity index (χ3n) is 5.24. The number of aryl methyl sites for hydroxylation is 1. The Morgan fingerprint density at radius 2 is 2.00 bits per heavy atom. The maximum atomic E-state index is 13.0. The van der Waals surface area contributed by atoms with Gasteiger partial charge in [-0.1, -0.05) is 13.0 Å². The van der Waals surface area contributed by atoms with Crippen molar-refractivity contribution in [3.63, 3.8) is 0 Å². The monoisotopic (exact) mass is 374 g/mol. The van der Waals surface area contributed by atoms with Crippen LogP contribution in [0.25, 0.3) is 10.9 Å². The van der Waals surface area contributed by atoms with Gasteiger partial charge in [0.1, 0.15) is 5.82 Å². The van der Waals surface area contributed by atoms with Crippen LogP contribution in [0.4, 0.5) is 18.9 Å². The second kappa shape index (κ2) is 6.87. The van der Waals surface area contributed by atoms with E-state index >= 15 is 0 Å². The Morgan fingerprint density at radius 1 is 1.15 bits per heavy atom. The SMILES string of the molecule is CCc1nccn1C1CCCN(c2ccnc3cc(C(F)(F)F)ccc23)C1. The van der Waals surface area contributed by atoms with Gasteiger partial charge in [0, 0.05) is 49.2 Å². The van der Waals surface area contributed by atoms with Crippen LogP contribution in [0.2, 0.25) is 0 Å². The first-order valence-corrected chi connectivity index (χ1v) is 9.20. The molecule has 4 rings (SSSR count). The van der Waals surface area contributed by atoms with Crippen molar-refractivity contribution in [2.75, 3.05) is 18.0 Å². The molecule has 3 heterocycles. The Balaban J connectivity index is 1.67. The van der Waals surface area contributed by atoms with Crippen LogP contribution in [0.1, 0.15) is 37.2 Å². The van der Waals surface area contributed by atoms with E-state index in [0.717, 1.165) is 61.4 Å². The second-order valence-corrected chi connectivity index (χ2v) is 6.91. The van der Waals surface area contributed by atoms with Gasteiger partial charge in [-0.05, 0) is 31.0 Å². The zero-order chi connectivity index (χ0) is 19.0. The summed E-state index contributed by atoms with van der Waals surface area (Å²) in [5.41, 5.74) is 0.653. The van der Waals surface area contributed by atoms with E-state index in [1.807, 2.05) is 18.5 Å². The number of nitrogens with zero attached hydrogens (tertiary/aromatic N) is 4. The average molecular weight is 374 g/mol. The summed E-state index contributed by atoms with van der Waals surface area (Å²) < 4.78 is 41.2. The molecule has 0 bridgehead atoms. The maximum absolute atomic E-state index is 13.0. The number of hydrogen-bond acceptors (Lipinski definition) is 3. The second-order valence-electron chi connectivity index (χ2n) is 6.91. The fraction of sp³-hybridized carbons (Fsp3) is 0.400. The first-order chi connectivity index (χ1) is 13.0. The van der Waals surface area contributed by atoms with Crippen molar-refractivity contribution in [2.24, 2.45) is 0 Å². The van der Waals surface area contributed by atoms with Crippen molar-refractivity contribution in [3.05, 3.63) is 54.2 Å². The normalized spacial score (nSPS) is 18.2. The predicted octanol–water partition coefficient (Wildman–Crippen LogP) is 4.85. The predicted molar refractivity (Wildman–Crippen MR) is 98.8 cm³/mol. The number of alkyl halides is 3. The molecule has 0 N–H and O–H groups in total. The van der Waals surface area contributed by atoms with Crippen LogP contribution >= 0.6 is 0 Å². The van der Waals surface area contributed by atoms with Gasteiger partial charge >= 0.3 is 6.18 Å². The van der Waals surface area contributed by atoms with Gasteiger partial charge in [0.05, 0.1) is 17.1 Å². The minimum Gasteiger partial charge on any atom is -0.369 e. The van der Waals surface area contributed by atoms with E-state index in [2.05, 4.69) is 26.4 Å². The van der Waals surface area contributed by atoms with E-state index in [4.69, 9.17) is 0 Å². The van der Waals surface area contributed by atoms with Crippen LogP contribution in [0.15, 0.2) is 42.9 Å². The maximum Gasteiger partial charge on any atom is 0.416 e. The summed E-state index contributed by atoms with van der Waals surface area (Å²) in [6.07, 6.45) is 4.06. The first-order valence-electron chi connectivity index (χ1n) is 9.20. The highest BCUT2D eigenvalue weighted by Gasteiger charge is 2.31. The Bertz CT molecular complexity index is 948. The standard InChI is InChI=1S/C20H21F3N4/c1-2-19-25-9-11-27(19)15-4-3-10-26(13-15)18-7-8-24-17-12-14(20(21,22)23)5-6-16(17)18/h5-9,11-12,15H,2-4,10,13H2,1H3. The number of rotatable bonds is 3. The lowest BCUT2D eigenvalue weighted by Crippen LogP contribution is -2.37. The van der Waals surface area contributed by atoms with Crippen LogP contribution in [0, 0.1) is 0 Å². The molecule has 0 saturated carbocycles. The number of aromatic nitrogens is 3. The van der Waals surface area contributed by atoms with Gasteiger partial charge < -0.3 is 9.47 Å². The van der Waals surface area contributed by atoms with Crippen molar-refractivity contribution < 1.29 is 13.2 Å². The molecular formula is C20H21F3N4. The molecule has 1 fully saturated rings. The van der Waals surface area contributed by atoms with Crippen LogP contribution in [0.5, 0.6) is 0 Å². The molecule has 0 amide bonds. The lowest BCUT2D eigenvalue weighted by molar-refractivity contribution is -0.137. The fourth-order valence-electron chi connectivity index (χ4n) is 3.94. The summed E-state index contributed by atoms with van der Waals surface area (Å²) in [7, 11) is 0. The quantitative estimate of drug-likeness (QED) is 0.657. The zero-order valence-electron chi connectivity index (χ0n) is 15.1. The first kappa shape index (κ1) is 17.8. The summed E-state index contributed by atoms with van der Waals surface area (Å²) in [6.45, 7) is 3.78. The van der Waals surface area contributed by atoms with E-state index in [1.165, 1.54) is 0 Å². The summed E-state index contributed by atoms with van der Waals surface area (Å²) in [5, 5.41) is 0.757. The van der Waals surface area contributed by atoms with Gasteiger partial charge in [0.15, 0.2) is 0 Å². The van der Waals surface area contributed by atoms with Crippen molar-refractivity contribution in [1.29, 1.82) is 0 Å². The number of piperidine rings is 1. The summed E-state index contributed by atoms with van der Waals surface area (Å²) >= 11 is 0. The molecule has 2 aromatic heterocycles. The number of fused-ring (bicyclic) bond motifs is 1. The molecule has 3 aromatic rings. The lowest BCUT2D eigenvalue weighted by atomic mass is 10.0. The molecule has 1 atom stereocenters. The lowest BCUT2D eigenvalue weighted by Gasteiger charge is -2.36. The van der Waals surface area contributed by atoms with Gasteiger partial charge in [0.2, 0.25) is 0 Å². The molecule has 4 nitrogen and oxygen atoms in total. The number of benzene rings is 1. The molecule has 1 aliphatic rings. The highest BCUT2D eigenvalue weighted by molar-refractivity contribution is 5.92. The van der Waals surface area contributed by atoms with E-state index in [9.17, 15) is 13.2 Å². The summed E-state index contributed by atoms with van der Waals surface area (Å²) in [4.78, 5) is 10.8. The molecule has 1 unspecified atom stereocenters. The van der Waals surface area contributed by atoms with Crippen molar-refractivity contribution in [1.82, 2.24) is 14.5 Å². The molecule has 0 aliphatic carbocycles. The van der Waals surface area contributed by atoms with E-state index in [0.29, 0.717) is 11.6 Å². The van der Waals surface area contributed by atoms with Crippen molar-refractivity contribution in [3.8, 4) is 0 Å². The highest BCUT2D eigenvalue weighted by atomic mass is 19.4. The Kier molecular flexibility index (Phi) is 4.53. The average Bonchev–Trinajstić information content (AvgIpc) is 3.15. The Morgan fingerprint density at radius 3 is 2.78 bits per heavy atom. The Hall–Kier alpha value is -2.57. The molecule has 27 heavy (non-hydrogen) atoms. The largest absolute Gasteiger partial charge is 0.416 e. The molecule has 0 radical (unpaired) electrons. The van der Waals surface area contributed by atoms with Crippen LogP contribution < -0.4 is 4.90 Å². The zero-order valence-corrected chi connectivity index (χ0v) is 15.1. The number of pyridine rings is 1. The third kappa shape index (κ3) is 3.38. The Labute approximate surface area is 155 Å². The molecule has 0 spiro atoms. The topological polar surface area (TPSA) is 34.0 Å². The number of halogens is 3. The van der Waals surface area contributed by atoms with Gasteiger partial charge in [0.25, 0.3) is 0 Å². The minimum atomic E-state index is -4.36.